The first-order valence-corrected chi connectivity index (χ1v) is 10.6. The van der Waals surface area contributed by atoms with Gasteiger partial charge in [0.25, 0.3) is 5.91 Å². The number of benzene rings is 1. The number of hydrogen-bond donors (Lipinski definition) is 2. The van der Waals surface area contributed by atoms with E-state index in [0.717, 1.165) is 11.1 Å². The average molecular weight is 452 g/mol. The van der Waals surface area contributed by atoms with Crippen LogP contribution >= 0.6 is 11.3 Å². The summed E-state index contributed by atoms with van der Waals surface area (Å²) < 4.78 is 55.2. The topological polar surface area (TPSA) is 72.9 Å². The van der Waals surface area contributed by atoms with Crippen molar-refractivity contribution < 1.29 is 22.4 Å². The summed E-state index contributed by atoms with van der Waals surface area (Å²) in [5.74, 6) is -0.789. The van der Waals surface area contributed by atoms with Gasteiger partial charge in [-0.05, 0) is 43.0 Å². The first-order valence-electron chi connectivity index (χ1n) is 9.77. The number of halogens is 4. The molecule has 1 unspecified atom stereocenters. The molecule has 0 bridgehead atoms. The Morgan fingerprint density at radius 3 is 2.84 bits per heavy atom. The molecule has 0 spiro atoms. The number of nitrogens with one attached hydrogen (secondary N) is 1. The van der Waals surface area contributed by atoms with E-state index in [-0.39, 0.29) is 18.1 Å². The second kappa shape index (κ2) is 8.43. The van der Waals surface area contributed by atoms with Gasteiger partial charge in [0.1, 0.15) is 11.4 Å². The standard InChI is InChI=1S/C21H20F4N4OS/c22-13-4-1-3-12(7-13)8-14(10-26)28-20(30)18-9-15-17(31-18)5-2-6-29-19(15)16(11-27-29)21(23,24)25/h1,3-4,7,9,11,14H,2,5-6,8,10,26H2,(H,28,30). The second-order valence-corrected chi connectivity index (χ2v) is 8.56. The van der Waals surface area contributed by atoms with Gasteiger partial charge >= 0.3 is 6.18 Å². The molecule has 3 N–H and O–H groups in total. The predicted octanol–water partition coefficient (Wildman–Crippen LogP) is 4.02. The van der Waals surface area contributed by atoms with Gasteiger partial charge in [-0.1, -0.05) is 12.1 Å². The van der Waals surface area contributed by atoms with Crippen LogP contribution in [0, 0.1) is 5.82 Å². The van der Waals surface area contributed by atoms with E-state index >= 15 is 0 Å². The van der Waals surface area contributed by atoms with Crippen LogP contribution in [0.4, 0.5) is 17.6 Å². The lowest BCUT2D eigenvalue weighted by molar-refractivity contribution is -0.137. The van der Waals surface area contributed by atoms with Gasteiger partial charge in [0, 0.05) is 29.6 Å². The van der Waals surface area contributed by atoms with E-state index in [2.05, 4.69) is 10.4 Å². The maximum absolute atomic E-state index is 13.5. The van der Waals surface area contributed by atoms with Gasteiger partial charge in [0.15, 0.2) is 0 Å². The lowest BCUT2D eigenvalue weighted by Crippen LogP contribution is -2.41. The minimum atomic E-state index is -4.53. The van der Waals surface area contributed by atoms with Crippen molar-refractivity contribution in [2.24, 2.45) is 5.73 Å². The predicted molar refractivity (Wildman–Crippen MR) is 109 cm³/mol. The summed E-state index contributed by atoms with van der Waals surface area (Å²) in [4.78, 5) is 13.9. The molecule has 3 aromatic rings. The molecule has 5 nitrogen and oxygen atoms in total. The first-order chi connectivity index (χ1) is 14.8. The Balaban J connectivity index is 1.59. The quantitative estimate of drug-likeness (QED) is 0.575. The van der Waals surface area contributed by atoms with Crippen LogP contribution in [0.5, 0.6) is 0 Å². The molecule has 1 aliphatic heterocycles. The van der Waals surface area contributed by atoms with E-state index in [1.807, 2.05) is 0 Å². The number of amides is 1. The van der Waals surface area contributed by atoms with Crippen molar-refractivity contribution in [1.29, 1.82) is 0 Å². The van der Waals surface area contributed by atoms with Gasteiger partial charge in [0.05, 0.1) is 16.8 Å². The molecular weight excluding hydrogens is 432 g/mol. The molecule has 2 aromatic heterocycles. The third-order valence-electron chi connectivity index (χ3n) is 5.20. The number of hydrogen-bond acceptors (Lipinski definition) is 4. The van der Waals surface area contributed by atoms with Gasteiger partial charge < -0.3 is 11.1 Å². The number of aromatic nitrogens is 2. The van der Waals surface area contributed by atoms with Crippen molar-refractivity contribution in [3.63, 3.8) is 0 Å². The van der Waals surface area contributed by atoms with Gasteiger partial charge in [-0.15, -0.1) is 11.3 Å². The maximum Gasteiger partial charge on any atom is 0.420 e. The minimum Gasteiger partial charge on any atom is -0.347 e. The number of nitrogens with two attached hydrogens (primary N) is 1. The summed E-state index contributed by atoms with van der Waals surface area (Å²) in [6.45, 7) is 0.523. The number of nitrogens with zero attached hydrogens (tertiary/aromatic N) is 2. The van der Waals surface area contributed by atoms with Crippen molar-refractivity contribution in [2.45, 2.75) is 38.0 Å². The normalized spacial score (nSPS) is 14.5. The summed E-state index contributed by atoms with van der Waals surface area (Å²) >= 11 is 1.18. The third-order valence-corrected chi connectivity index (χ3v) is 6.39. The van der Waals surface area contributed by atoms with Crippen LogP contribution < -0.4 is 11.1 Å². The van der Waals surface area contributed by atoms with Gasteiger partial charge in [-0.25, -0.2) is 4.39 Å². The van der Waals surface area contributed by atoms with Crippen LogP contribution in [0.3, 0.4) is 0 Å². The van der Waals surface area contributed by atoms with Crippen LogP contribution in [-0.4, -0.2) is 28.3 Å². The third kappa shape index (κ3) is 4.49. The van der Waals surface area contributed by atoms with E-state index < -0.39 is 23.7 Å². The Kier molecular flexibility index (Phi) is 5.85. The van der Waals surface area contributed by atoms with E-state index in [0.29, 0.717) is 41.8 Å². The molecule has 0 fully saturated rings. The van der Waals surface area contributed by atoms with Crippen LogP contribution in [-0.2, 0) is 25.6 Å². The Labute approximate surface area is 179 Å². The van der Waals surface area contributed by atoms with Crippen molar-refractivity contribution in [3.8, 4) is 11.3 Å². The Morgan fingerprint density at radius 1 is 1.32 bits per heavy atom. The molecule has 1 amide bonds. The first kappa shape index (κ1) is 21.5. The summed E-state index contributed by atoms with van der Waals surface area (Å²) in [7, 11) is 0. The summed E-state index contributed by atoms with van der Waals surface area (Å²) in [5.41, 5.74) is 6.07. The highest BCUT2D eigenvalue weighted by molar-refractivity contribution is 7.14. The van der Waals surface area contributed by atoms with Crippen molar-refractivity contribution in [2.75, 3.05) is 6.54 Å². The zero-order chi connectivity index (χ0) is 22.2. The summed E-state index contributed by atoms with van der Waals surface area (Å²) in [6.07, 6.45) is -2.15. The highest BCUT2D eigenvalue weighted by Crippen LogP contribution is 2.42. The number of fused-ring (bicyclic) bond motifs is 3. The molecule has 1 atom stereocenters. The molecular formula is C21H20F4N4OS. The van der Waals surface area contributed by atoms with Gasteiger partial charge in [-0.3, -0.25) is 9.48 Å². The Morgan fingerprint density at radius 2 is 2.13 bits per heavy atom. The smallest absolute Gasteiger partial charge is 0.347 e. The summed E-state index contributed by atoms with van der Waals surface area (Å²) in [5, 5.41) is 6.72. The van der Waals surface area contributed by atoms with Crippen LogP contribution in [0.15, 0.2) is 36.5 Å². The SMILES string of the molecule is NCC(Cc1cccc(F)c1)NC(=O)c1cc2c(s1)CCCn1ncc(C(F)(F)F)c1-2. The Bertz CT molecular complexity index is 1110. The van der Waals surface area contributed by atoms with Crippen LogP contribution in [0.2, 0.25) is 0 Å². The monoisotopic (exact) mass is 452 g/mol. The molecule has 0 aliphatic carbocycles. The molecule has 0 radical (unpaired) electrons. The molecule has 0 saturated heterocycles. The fraction of sp³-hybridized carbons (Fsp3) is 0.333. The number of alkyl halides is 3. The minimum absolute atomic E-state index is 0.00503. The molecule has 1 aromatic carbocycles. The van der Waals surface area contributed by atoms with Gasteiger partial charge in [-0.2, -0.15) is 18.3 Å². The number of thiophene rings is 1. The number of aryl methyl sites for hydroxylation is 2. The maximum atomic E-state index is 13.5. The molecule has 31 heavy (non-hydrogen) atoms. The molecule has 0 saturated carbocycles. The second-order valence-electron chi connectivity index (χ2n) is 7.42. The molecule has 10 heteroatoms. The molecule has 1 aliphatic rings. The number of rotatable bonds is 5. The zero-order valence-corrected chi connectivity index (χ0v) is 17.2. The number of carbonyl (C=O) groups excluding carboxylic acids is 1. The zero-order valence-electron chi connectivity index (χ0n) is 16.4. The molecule has 3 heterocycles. The summed E-state index contributed by atoms with van der Waals surface area (Å²) in [6, 6.07) is 7.09. The van der Waals surface area contributed by atoms with Crippen molar-refractivity contribution in [1.82, 2.24) is 15.1 Å². The Hall–Kier alpha value is -2.72. The van der Waals surface area contributed by atoms with E-state index in [1.165, 1.54) is 34.2 Å². The fourth-order valence-corrected chi connectivity index (χ4v) is 4.87. The van der Waals surface area contributed by atoms with Gasteiger partial charge in [0.2, 0.25) is 0 Å². The lowest BCUT2D eigenvalue weighted by Gasteiger charge is -2.16. The van der Waals surface area contributed by atoms with E-state index in [1.54, 1.807) is 12.1 Å². The highest BCUT2D eigenvalue weighted by atomic mass is 32.1. The van der Waals surface area contributed by atoms with Crippen molar-refractivity contribution >= 4 is 17.2 Å². The van der Waals surface area contributed by atoms with E-state index in [4.69, 9.17) is 5.73 Å². The molecule has 164 valence electrons. The fourth-order valence-electron chi connectivity index (χ4n) is 3.76. The average Bonchev–Trinajstić information content (AvgIpc) is 3.28. The van der Waals surface area contributed by atoms with Crippen molar-refractivity contribution in [3.05, 3.63) is 63.2 Å². The highest BCUT2D eigenvalue weighted by Gasteiger charge is 2.38. The number of carbonyl (C=O) groups is 1. The van der Waals surface area contributed by atoms with Crippen LogP contribution in [0.1, 0.15) is 32.1 Å². The molecule has 4 rings (SSSR count). The van der Waals surface area contributed by atoms with Crippen LogP contribution in [0.25, 0.3) is 11.3 Å². The van der Waals surface area contributed by atoms with E-state index in [9.17, 15) is 22.4 Å². The lowest BCUT2D eigenvalue weighted by atomic mass is 10.1. The largest absolute Gasteiger partial charge is 0.420 e.